The summed E-state index contributed by atoms with van der Waals surface area (Å²) in [5.41, 5.74) is 6.06. The van der Waals surface area contributed by atoms with Gasteiger partial charge in [0.1, 0.15) is 5.69 Å². The zero-order valence-corrected chi connectivity index (χ0v) is 19.7. The minimum atomic E-state index is 0.736. The normalized spacial score (nSPS) is 18.9. The minimum absolute atomic E-state index is 0.736. The number of nitrogens with zero attached hydrogens (tertiary/aromatic N) is 2. The van der Waals surface area contributed by atoms with Crippen molar-refractivity contribution >= 4 is 11.6 Å². The number of benzene rings is 2. The Balaban J connectivity index is 1.72. The number of aromatic nitrogens is 2. The van der Waals surface area contributed by atoms with Crippen LogP contribution < -0.4 is 0 Å². The number of hydrogen-bond donors (Lipinski definition) is 0. The molecule has 1 aliphatic rings. The Labute approximate surface area is 192 Å². The first-order valence-corrected chi connectivity index (χ1v) is 12.5. The highest BCUT2D eigenvalue weighted by Gasteiger charge is 2.25. The lowest BCUT2D eigenvalue weighted by atomic mass is 9.80. The van der Waals surface area contributed by atoms with Crippen LogP contribution in [-0.2, 0) is 13.0 Å². The van der Waals surface area contributed by atoms with Gasteiger partial charge in [0, 0.05) is 28.4 Å². The Bertz CT molecular complexity index is 968. The summed E-state index contributed by atoms with van der Waals surface area (Å²) < 4.78 is 2.34. The molecule has 164 valence electrons. The number of halogens is 1. The predicted molar refractivity (Wildman–Crippen MR) is 132 cm³/mol. The molecule has 4 rings (SSSR count). The summed E-state index contributed by atoms with van der Waals surface area (Å²) in [6.45, 7) is 5.61. The van der Waals surface area contributed by atoms with Crippen LogP contribution in [0.1, 0.15) is 64.5 Å². The van der Waals surface area contributed by atoms with Gasteiger partial charge in [-0.25, -0.2) is 0 Å². The zero-order valence-electron chi connectivity index (χ0n) is 19.0. The molecular formula is C28H35ClN2. The van der Waals surface area contributed by atoms with Crippen molar-refractivity contribution in [2.45, 2.75) is 71.8 Å². The average Bonchev–Trinajstić information content (AvgIpc) is 3.14. The molecule has 0 bridgehead atoms. The molecule has 0 atom stereocenters. The van der Waals surface area contributed by atoms with Crippen molar-refractivity contribution in [3.05, 3.63) is 65.3 Å². The second-order valence-electron chi connectivity index (χ2n) is 9.15. The van der Waals surface area contributed by atoms with Gasteiger partial charge in [0.05, 0.1) is 0 Å². The molecule has 0 aliphatic heterocycles. The molecule has 0 saturated heterocycles. The molecule has 0 N–H and O–H groups in total. The molecule has 0 spiro atoms. The predicted octanol–water partition coefficient (Wildman–Crippen LogP) is 8.43. The topological polar surface area (TPSA) is 17.8 Å². The van der Waals surface area contributed by atoms with Gasteiger partial charge >= 0.3 is 0 Å². The first kappa shape index (κ1) is 22.1. The first-order valence-electron chi connectivity index (χ1n) is 12.1. The molecule has 0 radical (unpaired) electrons. The third-order valence-corrected chi connectivity index (χ3v) is 7.03. The molecule has 1 aliphatic carbocycles. The standard InChI is InChI=1S/C28H35ClN2/c1-3-9-21-15-17-22(18-16-21)20-31-26(10-4-2)27(24-13-8-14-25(29)19-24)28(30-31)23-11-6-5-7-12-23/h5-8,11-14,19,21-22H,3-4,9-10,15-18,20H2,1-2H3. The molecule has 2 aromatic carbocycles. The van der Waals surface area contributed by atoms with Crippen LogP contribution in [0.25, 0.3) is 22.4 Å². The maximum atomic E-state index is 6.40. The van der Waals surface area contributed by atoms with Crippen molar-refractivity contribution in [3.63, 3.8) is 0 Å². The molecular weight excluding hydrogens is 400 g/mol. The van der Waals surface area contributed by atoms with Gasteiger partial charge in [-0.1, -0.05) is 100 Å². The van der Waals surface area contributed by atoms with Crippen molar-refractivity contribution in [3.8, 4) is 22.4 Å². The highest BCUT2D eigenvalue weighted by molar-refractivity contribution is 6.30. The number of hydrogen-bond acceptors (Lipinski definition) is 1. The molecule has 1 heterocycles. The Morgan fingerprint density at radius 3 is 2.26 bits per heavy atom. The van der Waals surface area contributed by atoms with Gasteiger partial charge in [-0.15, -0.1) is 0 Å². The monoisotopic (exact) mass is 434 g/mol. The highest BCUT2D eigenvalue weighted by Crippen LogP contribution is 2.38. The van der Waals surface area contributed by atoms with E-state index in [1.165, 1.54) is 60.9 Å². The zero-order chi connectivity index (χ0) is 21.6. The largest absolute Gasteiger partial charge is 0.268 e. The van der Waals surface area contributed by atoms with E-state index < -0.39 is 0 Å². The van der Waals surface area contributed by atoms with Crippen LogP contribution in [0.4, 0.5) is 0 Å². The van der Waals surface area contributed by atoms with Crippen LogP contribution in [0.2, 0.25) is 5.02 Å². The second-order valence-corrected chi connectivity index (χ2v) is 9.59. The molecule has 1 aromatic heterocycles. The Morgan fingerprint density at radius 1 is 0.871 bits per heavy atom. The molecule has 3 aromatic rings. The van der Waals surface area contributed by atoms with Crippen molar-refractivity contribution in [2.24, 2.45) is 11.8 Å². The summed E-state index contributed by atoms with van der Waals surface area (Å²) in [4.78, 5) is 0. The van der Waals surface area contributed by atoms with Gasteiger partial charge in [-0.05, 0) is 48.8 Å². The van der Waals surface area contributed by atoms with Crippen molar-refractivity contribution in [1.82, 2.24) is 9.78 Å². The lowest BCUT2D eigenvalue weighted by Gasteiger charge is -2.28. The number of rotatable bonds is 8. The van der Waals surface area contributed by atoms with Crippen LogP contribution in [0, 0.1) is 11.8 Å². The lowest BCUT2D eigenvalue weighted by Crippen LogP contribution is -2.20. The van der Waals surface area contributed by atoms with Crippen LogP contribution in [0.5, 0.6) is 0 Å². The Hall–Kier alpha value is -2.06. The second kappa shape index (κ2) is 10.5. The molecule has 0 amide bonds. The Morgan fingerprint density at radius 2 is 1.58 bits per heavy atom. The van der Waals surface area contributed by atoms with Crippen LogP contribution >= 0.6 is 11.6 Å². The van der Waals surface area contributed by atoms with Gasteiger partial charge in [-0.3, -0.25) is 4.68 Å². The van der Waals surface area contributed by atoms with Crippen LogP contribution in [0.3, 0.4) is 0 Å². The van der Waals surface area contributed by atoms with Crippen LogP contribution in [0.15, 0.2) is 54.6 Å². The maximum absolute atomic E-state index is 6.40. The average molecular weight is 435 g/mol. The smallest absolute Gasteiger partial charge is 0.100 e. The molecule has 31 heavy (non-hydrogen) atoms. The fourth-order valence-corrected chi connectivity index (χ4v) is 5.43. The van der Waals surface area contributed by atoms with E-state index in [1.807, 2.05) is 6.07 Å². The molecule has 1 fully saturated rings. The summed E-state index contributed by atoms with van der Waals surface area (Å²) >= 11 is 6.40. The van der Waals surface area contributed by atoms with Gasteiger partial charge in [0.15, 0.2) is 0 Å². The Kier molecular flexibility index (Phi) is 7.50. The van der Waals surface area contributed by atoms with E-state index >= 15 is 0 Å². The van der Waals surface area contributed by atoms with Gasteiger partial charge in [0.2, 0.25) is 0 Å². The van der Waals surface area contributed by atoms with E-state index in [9.17, 15) is 0 Å². The summed E-state index contributed by atoms with van der Waals surface area (Å²) in [5.74, 6) is 1.68. The molecule has 2 nitrogen and oxygen atoms in total. The first-order chi connectivity index (χ1) is 15.2. The van der Waals surface area contributed by atoms with E-state index in [0.717, 1.165) is 41.9 Å². The lowest BCUT2D eigenvalue weighted by molar-refractivity contribution is 0.235. The van der Waals surface area contributed by atoms with E-state index in [-0.39, 0.29) is 0 Å². The maximum Gasteiger partial charge on any atom is 0.100 e. The SMILES string of the molecule is CCCc1c(-c2cccc(Cl)c2)c(-c2ccccc2)nn1CC1CCC(CCC)CC1. The quantitative estimate of drug-likeness (QED) is 0.347. The van der Waals surface area contributed by atoms with Gasteiger partial charge in [-0.2, -0.15) is 5.10 Å². The molecule has 1 saturated carbocycles. The third kappa shape index (κ3) is 5.23. The van der Waals surface area contributed by atoms with Crippen molar-refractivity contribution < 1.29 is 0 Å². The van der Waals surface area contributed by atoms with Crippen molar-refractivity contribution in [2.75, 3.05) is 0 Å². The summed E-state index contributed by atoms with van der Waals surface area (Å²) in [7, 11) is 0. The minimum Gasteiger partial charge on any atom is -0.268 e. The summed E-state index contributed by atoms with van der Waals surface area (Å²) in [6.07, 6.45) is 10.3. The molecule has 3 heteroatoms. The van der Waals surface area contributed by atoms with E-state index in [2.05, 4.69) is 67.1 Å². The molecule has 0 unspecified atom stereocenters. The van der Waals surface area contributed by atoms with E-state index in [4.69, 9.17) is 16.7 Å². The third-order valence-electron chi connectivity index (χ3n) is 6.80. The fourth-order valence-electron chi connectivity index (χ4n) is 5.24. The van der Waals surface area contributed by atoms with Crippen molar-refractivity contribution in [1.29, 1.82) is 0 Å². The fraction of sp³-hybridized carbons (Fsp3) is 0.464. The summed E-state index contributed by atoms with van der Waals surface area (Å²) in [6, 6.07) is 18.9. The summed E-state index contributed by atoms with van der Waals surface area (Å²) in [5, 5.41) is 6.01. The van der Waals surface area contributed by atoms with E-state index in [0.29, 0.717) is 0 Å². The highest BCUT2D eigenvalue weighted by atomic mass is 35.5. The van der Waals surface area contributed by atoms with Gasteiger partial charge in [0.25, 0.3) is 0 Å². The van der Waals surface area contributed by atoms with E-state index in [1.54, 1.807) is 0 Å². The van der Waals surface area contributed by atoms with Gasteiger partial charge < -0.3 is 0 Å². The van der Waals surface area contributed by atoms with Crippen LogP contribution in [-0.4, -0.2) is 9.78 Å².